The van der Waals surface area contributed by atoms with Crippen molar-refractivity contribution in [3.8, 4) is 5.75 Å². The van der Waals surface area contributed by atoms with Crippen LogP contribution in [0.1, 0.15) is 45.2 Å². The molecule has 0 spiro atoms. The Morgan fingerprint density at radius 3 is 2.56 bits per heavy atom. The smallest absolute Gasteiger partial charge is 0.165 e. The highest BCUT2D eigenvalue weighted by Gasteiger charge is 2.18. The summed E-state index contributed by atoms with van der Waals surface area (Å²) in [6, 6.07) is 5.43. The second kappa shape index (κ2) is 7.37. The van der Waals surface area contributed by atoms with Crippen LogP contribution in [0.15, 0.2) is 18.2 Å². The summed E-state index contributed by atoms with van der Waals surface area (Å²) < 4.78 is 18.7. The molecule has 0 amide bonds. The Bertz CT molecular complexity index is 368. The van der Waals surface area contributed by atoms with Gasteiger partial charge in [0.25, 0.3) is 0 Å². The molecule has 102 valence electrons. The predicted molar refractivity (Wildman–Crippen MR) is 73.4 cm³/mol. The van der Waals surface area contributed by atoms with Crippen molar-refractivity contribution in [1.29, 1.82) is 0 Å². The molecule has 0 bridgehead atoms. The molecule has 0 fully saturated rings. The molecule has 0 saturated heterocycles. The maximum Gasteiger partial charge on any atom is 0.165 e. The highest BCUT2D eigenvalue weighted by Crippen LogP contribution is 2.27. The number of hydrogen-bond acceptors (Lipinski definition) is 2. The van der Waals surface area contributed by atoms with Crippen molar-refractivity contribution >= 4 is 0 Å². The van der Waals surface area contributed by atoms with Gasteiger partial charge in [-0.1, -0.05) is 33.3 Å². The Balaban J connectivity index is 2.93. The molecule has 1 N–H and O–H groups in total. The van der Waals surface area contributed by atoms with Gasteiger partial charge in [0.15, 0.2) is 11.6 Å². The van der Waals surface area contributed by atoms with E-state index in [1.165, 1.54) is 7.11 Å². The molecule has 3 heteroatoms. The Kier molecular flexibility index (Phi) is 6.13. The van der Waals surface area contributed by atoms with Crippen molar-refractivity contribution in [3.05, 3.63) is 29.6 Å². The average Bonchev–Trinajstić information content (AvgIpc) is 2.39. The molecule has 2 atom stereocenters. The summed E-state index contributed by atoms with van der Waals surface area (Å²) in [7, 11) is 1.49. The molecule has 0 heterocycles. The molecule has 18 heavy (non-hydrogen) atoms. The summed E-state index contributed by atoms with van der Waals surface area (Å²) in [6.07, 6.45) is 2.14. The van der Waals surface area contributed by atoms with Gasteiger partial charge in [-0.05, 0) is 36.6 Å². The van der Waals surface area contributed by atoms with E-state index in [2.05, 4.69) is 26.1 Å². The Labute approximate surface area is 110 Å². The highest BCUT2D eigenvalue weighted by atomic mass is 19.1. The summed E-state index contributed by atoms with van der Waals surface area (Å²) in [6.45, 7) is 7.43. The SMILES string of the molecule is CCCNC(c1ccc(OC)c(F)c1)C(C)CC. The van der Waals surface area contributed by atoms with Crippen molar-refractivity contribution in [1.82, 2.24) is 5.32 Å². The zero-order valence-corrected chi connectivity index (χ0v) is 11.8. The minimum absolute atomic E-state index is 0.204. The van der Waals surface area contributed by atoms with Crippen molar-refractivity contribution in [2.24, 2.45) is 5.92 Å². The van der Waals surface area contributed by atoms with Crippen LogP contribution < -0.4 is 10.1 Å². The lowest BCUT2D eigenvalue weighted by Gasteiger charge is -2.25. The maximum atomic E-state index is 13.7. The lowest BCUT2D eigenvalue weighted by molar-refractivity contribution is 0.368. The normalized spacial score (nSPS) is 14.3. The Hall–Kier alpha value is -1.09. The molecule has 1 rings (SSSR count). The summed E-state index contributed by atoms with van der Waals surface area (Å²) >= 11 is 0. The van der Waals surface area contributed by atoms with Crippen LogP contribution in [0, 0.1) is 11.7 Å². The first-order chi connectivity index (χ1) is 8.63. The van der Waals surface area contributed by atoms with E-state index in [0.717, 1.165) is 24.9 Å². The summed E-state index contributed by atoms with van der Waals surface area (Å²) in [5.41, 5.74) is 0.996. The third kappa shape index (κ3) is 3.70. The van der Waals surface area contributed by atoms with E-state index in [1.54, 1.807) is 12.1 Å². The largest absolute Gasteiger partial charge is 0.494 e. The molecule has 0 aliphatic carbocycles. The van der Waals surface area contributed by atoms with Gasteiger partial charge in [-0.3, -0.25) is 0 Å². The van der Waals surface area contributed by atoms with Crippen LogP contribution in [0.5, 0.6) is 5.75 Å². The monoisotopic (exact) mass is 253 g/mol. The fraction of sp³-hybridized carbons (Fsp3) is 0.600. The van der Waals surface area contributed by atoms with Crippen molar-refractivity contribution in [2.45, 2.75) is 39.7 Å². The quantitative estimate of drug-likeness (QED) is 0.795. The molecule has 1 aromatic rings. The first kappa shape index (κ1) is 15.0. The maximum absolute atomic E-state index is 13.7. The van der Waals surface area contributed by atoms with Gasteiger partial charge >= 0.3 is 0 Å². The van der Waals surface area contributed by atoms with Crippen LogP contribution in [-0.4, -0.2) is 13.7 Å². The van der Waals surface area contributed by atoms with Gasteiger partial charge in [-0.25, -0.2) is 4.39 Å². The number of ether oxygens (including phenoxy) is 1. The van der Waals surface area contributed by atoms with Gasteiger partial charge in [0.2, 0.25) is 0 Å². The number of methoxy groups -OCH3 is 1. The molecule has 2 nitrogen and oxygen atoms in total. The zero-order chi connectivity index (χ0) is 13.5. The topological polar surface area (TPSA) is 21.3 Å². The molecule has 1 aromatic carbocycles. The lowest BCUT2D eigenvalue weighted by atomic mass is 9.92. The van der Waals surface area contributed by atoms with Gasteiger partial charge in [0.1, 0.15) is 0 Å². The van der Waals surface area contributed by atoms with E-state index in [1.807, 2.05) is 6.07 Å². The minimum Gasteiger partial charge on any atom is -0.494 e. The molecule has 0 radical (unpaired) electrons. The van der Waals surface area contributed by atoms with Gasteiger partial charge in [0.05, 0.1) is 7.11 Å². The van der Waals surface area contributed by atoms with E-state index >= 15 is 0 Å². The number of halogens is 1. The highest BCUT2D eigenvalue weighted by molar-refractivity contribution is 5.31. The summed E-state index contributed by atoms with van der Waals surface area (Å²) in [5, 5.41) is 3.49. The molecular formula is C15H24FNO. The molecule has 2 unspecified atom stereocenters. The minimum atomic E-state index is -0.290. The Morgan fingerprint density at radius 2 is 2.06 bits per heavy atom. The molecule has 0 aromatic heterocycles. The van der Waals surface area contributed by atoms with E-state index in [9.17, 15) is 4.39 Å². The van der Waals surface area contributed by atoms with E-state index < -0.39 is 0 Å². The second-order valence-corrected chi connectivity index (χ2v) is 4.71. The van der Waals surface area contributed by atoms with Gasteiger partial charge < -0.3 is 10.1 Å². The fourth-order valence-corrected chi connectivity index (χ4v) is 2.06. The third-order valence-corrected chi connectivity index (χ3v) is 3.36. The average molecular weight is 253 g/mol. The standard InChI is InChI=1S/C15H24FNO/c1-5-9-17-15(11(3)6-2)12-7-8-14(18-4)13(16)10-12/h7-8,10-11,15,17H,5-6,9H2,1-4H3. The lowest BCUT2D eigenvalue weighted by Crippen LogP contribution is -2.27. The Morgan fingerprint density at radius 1 is 1.33 bits per heavy atom. The van der Waals surface area contributed by atoms with Crippen molar-refractivity contribution < 1.29 is 9.13 Å². The van der Waals surface area contributed by atoms with E-state index in [0.29, 0.717) is 11.7 Å². The summed E-state index contributed by atoms with van der Waals surface area (Å²) in [4.78, 5) is 0. The van der Waals surface area contributed by atoms with Gasteiger partial charge in [-0.15, -0.1) is 0 Å². The van der Waals surface area contributed by atoms with E-state index in [4.69, 9.17) is 4.74 Å². The van der Waals surface area contributed by atoms with Crippen LogP contribution in [0.4, 0.5) is 4.39 Å². The van der Waals surface area contributed by atoms with Crippen LogP contribution in [-0.2, 0) is 0 Å². The first-order valence-corrected chi connectivity index (χ1v) is 6.70. The van der Waals surface area contributed by atoms with Crippen LogP contribution in [0.25, 0.3) is 0 Å². The predicted octanol–water partition coefficient (Wildman–Crippen LogP) is 3.92. The molecule has 0 aliphatic rings. The molecule has 0 saturated carbocycles. The second-order valence-electron chi connectivity index (χ2n) is 4.71. The van der Waals surface area contributed by atoms with Crippen molar-refractivity contribution in [2.75, 3.05) is 13.7 Å². The van der Waals surface area contributed by atoms with Gasteiger partial charge in [0, 0.05) is 6.04 Å². The first-order valence-electron chi connectivity index (χ1n) is 6.70. The van der Waals surface area contributed by atoms with Crippen LogP contribution >= 0.6 is 0 Å². The molecule has 0 aliphatic heterocycles. The number of hydrogen-bond donors (Lipinski definition) is 1. The third-order valence-electron chi connectivity index (χ3n) is 3.36. The molecular weight excluding hydrogens is 229 g/mol. The number of benzene rings is 1. The van der Waals surface area contributed by atoms with Crippen LogP contribution in [0.2, 0.25) is 0 Å². The zero-order valence-electron chi connectivity index (χ0n) is 11.8. The number of rotatable bonds is 7. The number of nitrogens with one attached hydrogen (secondary N) is 1. The van der Waals surface area contributed by atoms with Gasteiger partial charge in [-0.2, -0.15) is 0 Å². The van der Waals surface area contributed by atoms with Crippen LogP contribution in [0.3, 0.4) is 0 Å². The fourth-order valence-electron chi connectivity index (χ4n) is 2.06. The van der Waals surface area contributed by atoms with Crippen molar-refractivity contribution in [3.63, 3.8) is 0 Å². The summed E-state index contributed by atoms with van der Waals surface area (Å²) in [5.74, 6) is 0.489. The van der Waals surface area contributed by atoms with E-state index in [-0.39, 0.29) is 11.9 Å².